The maximum atomic E-state index is 14.4. The minimum atomic E-state index is -3.17. The fraction of sp³-hybridized carbons (Fsp3) is 0.412. The Kier molecular flexibility index (Phi) is 4.38. The summed E-state index contributed by atoms with van der Waals surface area (Å²) < 4.78 is 28.8. The number of piperazine rings is 1. The molecule has 1 fully saturated rings. The minimum Gasteiger partial charge on any atom is -0.390 e. The van der Waals surface area contributed by atoms with Crippen LogP contribution in [-0.4, -0.2) is 48.7 Å². The summed E-state index contributed by atoms with van der Waals surface area (Å²) in [7, 11) is 0. The molecule has 0 aromatic heterocycles. The van der Waals surface area contributed by atoms with Crippen LogP contribution in [0.25, 0.3) is 10.8 Å². The second kappa shape index (κ2) is 6.28. The van der Waals surface area contributed by atoms with Crippen molar-refractivity contribution in [1.29, 1.82) is 0 Å². The van der Waals surface area contributed by atoms with E-state index in [1.165, 1.54) is 0 Å². The van der Waals surface area contributed by atoms with Gasteiger partial charge in [0.1, 0.15) is 12.6 Å². The van der Waals surface area contributed by atoms with Crippen LogP contribution in [-0.2, 0) is 0 Å². The van der Waals surface area contributed by atoms with Gasteiger partial charge in [-0.3, -0.25) is 4.90 Å². The fourth-order valence-electron chi connectivity index (χ4n) is 3.13. The van der Waals surface area contributed by atoms with Crippen LogP contribution < -0.4 is 5.32 Å². The Morgan fingerprint density at radius 3 is 2.45 bits per heavy atom. The molecule has 3 rings (SSSR count). The predicted molar refractivity (Wildman–Crippen MR) is 83.2 cm³/mol. The minimum absolute atomic E-state index is 0.549. The molecular formula is C17H20F2N2O. The number of halogens is 2. The fourth-order valence-corrected chi connectivity index (χ4v) is 3.13. The summed E-state index contributed by atoms with van der Waals surface area (Å²) in [6.07, 6.45) is 0. The number of benzene rings is 2. The smallest absolute Gasteiger partial charge is 0.289 e. The van der Waals surface area contributed by atoms with E-state index in [2.05, 4.69) is 5.32 Å². The molecule has 5 heteroatoms. The zero-order valence-electron chi connectivity index (χ0n) is 12.3. The largest absolute Gasteiger partial charge is 0.390 e. The molecule has 1 atom stereocenters. The number of hydrogen-bond acceptors (Lipinski definition) is 3. The highest BCUT2D eigenvalue weighted by molar-refractivity contribution is 5.83. The summed E-state index contributed by atoms with van der Waals surface area (Å²) in [5.74, 6) is -3.17. The summed E-state index contributed by atoms with van der Waals surface area (Å²) in [6.45, 7) is 1.33. The Balaban J connectivity index is 2.02. The maximum Gasteiger partial charge on any atom is 0.289 e. The average Bonchev–Trinajstić information content (AvgIpc) is 2.56. The van der Waals surface area contributed by atoms with Gasteiger partial charge < -0.3 is 10.4 Å². The third-order valence-electron chi connectivity index (χ3n) is 4.22. The lowest BCUT2D eigenvalue weighted by Gasteiger charge is -2.38. The van der Waals surface area contributed by atoms with Crippen LogP contribution in [0.4, 0.5) is 8.78 Å². The molecule has 2 N–H and O–H groups in total. The number of nitrogens with zero attached hydrogens (tertiary/aromatic N) is 1. The van der Waals surface area contributed by atoms with Gasteiger partial charge in [0.05, 0.1) is 0 Å². The predicted octanol–water partition coefficient (Wildman–Crippen LogP) is 2.41. The Morgan fingerprint density at radius 1 is 1.09 bits per heavy atom. The summed E-state index contributed by atoms with van der Waals surface area (Å²) in [5, 5.41) is 14.3. The normalized spacial score (nSPS) is 18.5. The van der Waals surface area contributed by atoms with E-state index in [1.807, 2.05) is 36.4 Å². The number of alkyl halides is 2. The molecule has 0 bridgehead atoms. The topological polar surface area (TPSA) is 35.5 Å². The highest BCUT2D eigenvalue weighted by Crippen LogP contribution is 2.37. The molecule has 2 aromatic carbocycles. The van der Waals surface area contributed by atoms with Crippen LogP contribution >= 0.6 is 0 Å². The first-order valence-corrected chi connectivity index (χ1v) is 7.54. The van der Waals surface area contributed by atoms with Crippen molar-refractivity contribution in [2.24, 2.45) is 0 Å². The lowest BCUT2D eigenvalue weighted by atomic mass is 9.95. The summed E-state index contributed by atoms with van der Waals surface area (Å²) in [5.41, 5.74) is 0.555. The Morgan fingerprint density at radius 2 is 1.77 bits per heavy atom. The monoisotopic (exact) mass is 306 g/mol. The van der Waals surface area contributed by atoms with Crippen molar-refractivity contribution in [3.8, 4) is 0 Å². The summed E-state index contributed by atoms with van der Waals surface area (Å²) in [4.78, 5) is 1.76. The van der Waals surface area contributed by atoms with E-state index in [4.69, 9.17) is 0 Å². The van der Waals surface area contributed by atoms with Crippen LogP contribution in [0.1, 0.15) is 11.6 Å². The van der Waals surface area contributed by atoms with E-state index in [0.717, 1.165) is 10.8 Å². The summed E-state index contributed by atoms with van der Waals surface area (Å²) in [6, 6.07) is 12.0. The second-order valence-electron chi connectivity index (χ2n) is 5.71. The first-order valence-electron chi connectivity index (χ1n) is 7.54. The van der Waals surface area contributed by atoms with Gasteiger partial charge in [0.25, 0.3) is 5.92 Å². The van der Waals surface area contributed by atoms with Crippen molar-refractivity contribution in [2.75, 3.05) is 32.8 Å². The van der Waals surface area contributed by atoms with Crippen LogP contribution in [0.3, 0.4) is 0 Å². The Labute approximate surface area is 128 Å². The molecule has 1 aliphatic heterocycles. The average molecular weight is 306 g/mol. The van der Waals surface area contributed by atoms with Crippen molar-refractivity contribution >= 4 is 10.8 Å². The number of rotatable bonds is 4. The van der Waals surface area contributed by atoms with Crippen molar-refractivity contribution in [3.63, 3.8) is 0 Å². The molecule has 0 radical (unpaired) electrons. The highest BCUT2D eigenvalue weighted by atomic mass is 19.3. The maximum absolute atomic E-state index is 14.4. The van der Waals surface area contributed by atoms with E-state index in [9.17, 15) is 13.9 Å². The Bertz CT molecular complexity index is 641. The first kappa shape index (κ1) is 15.3. The van der Waals surface area contributed by atoms with Gasteiger partial charge in [-0.25, -0.2) is 8.78 Å². The lowest BCUT2D eigenvalue weighted by molar-refractivity contribution is -0.118. The number of fused-ring (bicyclic) bond motifs is 1. The van der Waals surface area contributed by atoms with Crippen LogP contribution in [0, 0.1) is 0 Å². The highest BCUT2D eigenvalue weighted by Gasteiger charge is 2.44. The molecule has 0 saturated carbocycles. The quantitative estimate of drug-likeness (QED) is 0.910. The van der Waals surface area contributed by atoms with Gasteiger partial charge in [-0.1, -0.05) is 36.4 Å². The Hall–Kier alpha value is -1.56. The number of aliphatic hydroxyl groups excluding tert-OH is 1. The molecule has 0 amide bonds. The molecule has 1 saturated heterocycles. The SMILES string of the molecule is OCC(F)(F)[C@@H](c1ccc2ccccc2c1)N1CCNCC1. The molecule has 0 spiro atoms. The molecule has 3 nitrogen and oxygen atoms in total. The van der Waals surface area contributed by atoms with E-state index < -0.39 is 18.6 Å². The zero-order chi connectivity index (χ0) is 15.6. The molecule has 0 unspecified atom stereocenters. The third kappa shape index (κ3) is 2.97. The van der Waals surface area contributed by atoms with Gasteiger partial charge >= 0.3 is 0 Å². The molecule has 1 heterocycles. The molecule has 22 heavy (non-hydrogen) atoms. The van der Waals surface area contributed by atoms with Gasteiger partial charge in [-0.05, 0) is 22.4 Å². The van der Waals surface area contributed by atoms with Crippen LogP contribution in [0.2, 0.25) is 0 Å². The number of aliphatic hydroxyl groups is 1. The standard InChI is InChI=1S/C17H20F2N2O/c18-17(19,12-22)16(21-9-7-20-8-10-21)15-6-5-13-3-1-2-4-14(13)11-15/h1-6,11,16,20,22H,7-10,12H2/t16-/m1/s1. The molecule has 118 valence electrons. The van der Waals surface area contributed by atoms with Gasteiger partial charge in [0.2, 0.25) is 0 Å². The number of hydrogen-bond donors (Lipinski definition) is 2. The van der Waals surface area contributed by atoms with Gasteiger partial charge in [0, 0.05) is 26.2 Å². The second-order valence-corrected chi connectivity index (χ2v) is 5.71. The van der Waals surface area contributed by atoms with Crippen LogP contribution in [0.5, 0.6) is 0 Å². The van der Waals surface area contributed by atoms with Crippen molar-refractivity contribution < 1.29 is 13.9 Å². The van der Waals surface area contributed by atoms with Crippen molar-refractivity contribution in [2.45, 2.75) is 12.0 Å². The van der Waals surface area contributed by atoms with Crippen LogP contribution in [0.15, 0.2) is 42.5 Å². The van der Waals surface area contributed by atoms with Crippen molar-refractivity contribution in [1.82, 2.24) is 10.2 Å². The lowest BCUT2D eigenvalue weighted by Crippen LogP contribution is -2.51. The molecule has 2 aromatic rings. The zero-order valence-corrected chi connectivity index (χ0v) is 12.3. The van der Waals surface area contributed by atoms with Gasteiger partial charge in [-0.2, -0.15) is 0 Å². The number of nitrogens with one attached hydrogen (secondary N) is 1. The van der Waals surface area contributed by atoms with Gasteiger partial charge in [-0.15, -0.1) is 0 Å². The van der Waals surface area contributed by atoms with E-state index >= 15 is 0 Å². The molecular weight excluding hydrogens is 286 g/mol. The van der Waals surface area contributed by atoms with E-state index in [1.54, 1.807) is 11.0 Å². The third-order valence-corrected chi connectivity index (χ3v) is 4.22. The van der Waals surface area contributed by atoms with E-state index in [0.29, 0.717) is 31.7 Å². The van der Waals surface area contributed by atoms with Gasteiger partial charge in [0.15, 0.2) is 0 Å². The summed E-state index contributed by atoms with van der Waals surface area (Å²) >= 11 is 0. The van der Waals surface area contributed by atoms with E-state index in [-0.39, 0.29) is 0 Å². The first-order chi connectivity index (χ1) is 10.6. The van der Waals surface area contributed by atoms with Crippen molar-refractivity contribution in [3.05, 3.63) is 48.0 Å². The molecule has 1 aliphatic rings. The molecule has 0 aliphatic carbocycles.